The van der Waals surface area contributed by atoms with Gasteiger partial charge in [0.1, 0.15) is 5.69 Å². The highest BCUT2D eigenvalue weighted by Gasteiger charge is 2.31. The smallest absolute Gasteiger partial charge is 0.225 e. The zero-order valence-electron chi connectivity index (χ0n) is 25.7. The number of aromatic nitrogens is 2. The van der Waals surface area contributed by atoms with Gasteiger partial charge in [-0.1, -0.05) is 117 Å². The Balaban J connectivity index is 1.50. The van der Waals surface area contributed by atoms with Crippen LogP contribution >= 0.6 is 0 Å². The van der Waals surface area contributed by atoms with Gasteiger partial charge in [-0.2, -0.15) is 4.57 Å². The van der Waals surface area contributed by atoms with Gasteiger partial charge in [-0.15, -0.1) is 0 Å². The van der Waals surface area contributed by atoms with Crippen LogP contribution in [0.2, 0.25) is 0 Å². The van der Waals surface area contributed by atoms with E-state index in [9.17, 15) is 0 Å². The normalized spacial score (nSPS) is 11.8. The van der Waals surface area contributed by atoms with Gasteiger partial charge in [0.05, 0.1) is 12.6 Å². The molecule has 6 aromatic carbocycles. The standard InChI is InChI=1S/C42H35N2/c1-27(2)29-15-11-12-22-39(29)44-41-24-14-13-23-40(41)43(4)42(44)36-26-38-35-21-10-8-19-33(35)31-17-6-5-16-30(31)32-18-7-9-20-34(32)37(38)25-28(36)3/h5-27H,1-4H3/q+1. The van der Waals surface area contributed by atoms with E-state index in [1.807, 2.05) is 0 Å². The molecule has 0 radical (unpaired) electrons. The molecule has 2 heteroatoms. The van der Waals surface area contributed by atoms with Gasteiger partial charge in [0.2, 0.25) is 0 Å². The lowest BCUT2D eigenvalue weighted by atomic mass is 9.79. The summed E-state index contributed by atoms with van der Waals surface area (Å²) in [6, 6.07) is 49.2. The van der Waals surface area contributed by atoms with E-state index in [0.29, 0.717) is 5.92 Å². The maximum absolute atomic E-state index is 2.48. The maximum atomic E-state index is 2.48. The summed E-state index contributed by atoms with van der Waals surface area (Å²) in [7, 11) is 2.21. The lowest BCUT2D eigenvalue weighted by Gasteiger charge is -2.24. The molecule has 1 heterocycles. The van der Waals surface area contributed by atoms with Gasteiger partial charge >= 0.3 is 0 Å². The Labute approximate surface area is 259 Å². The third kappa shape index (κ3) is 3.91. The maximum Gasteiger partial charge on any atom is 0.295 e. The fourth-order valence-corrected chi connectivity index (χ4v) is 7.29. The Morgan fingerprint density at radius 1 is 0.500 bits per heavy atom. The van der Waals surface area contributed by atoms with Crippen molar-refractivity contribution >= 4 is 11.0 Å². The Morgan fingerprint density at radius 3 is 1.52 bits per heavy atom. The van der Waals surface area contributed by atoms with Crippen molar-refractivity contribution in [1.82, 2.24) is 4.57 Å². The van der Waals surface area contributed by atoms with Crippen LogP contribution in [-0.4, -0.2) is 4.57 Å². The Morgan fingerprint density at radius 2 is 0.955 bits per heavy atom. The van der Waals surface area contributed by atoms with Crippen LogP contribution in [0, 0.1) is 6.92 Å². The fourth-order valence-electron chi connectivity index (χ4n) is 7.29. The summed E-state index contributed by atoms with van der Waals surface area (Å²) in [6.45, 7) is 6.84. The molecule has 7 aromatic rings. The minimum atomic E-state index is 0.394. The lowest BCUT2D eigenvalue weighted by molar-refractivity contribution is -0.633. The molecule has 2 nitrogen and oxygen atoms in total. The van der Waals surface area contributed by atoms with Gasteiger partial charge < -0.3 is 0 Å². The van der Waals surface area contributed by atoms with Crippen molar-refractivity contribution in [2.45, 2.75) is 26.7 Å². The van der Waals surface area contributed by atoms with Gasteiger partial charge in [-0.3, -0.25) is 0 Å². The number of aryl methyl sites for hydroxylation is 2. The second-order valence-electron chi connectivity index (χ2n) is 12.3. The molecule has 0 saturated heterocycles. The van der Waals surface area contributed by atoms with E-state index in [-0.39, 0.29) is 0 Å². The van der Waals surface area contributed by atoms with Crippen molar-refractivity contribution in [3.63, 3.8) is 0 Å². The van der Waals surface area contributed by atoms with E-state index in [1.54, 1.807) is 0 Å². The van der Waals surface area contributed by atoms with Crippen molar-refractivity contribution in [2.24, 2.45) is 7.05 Å². The molecule has 1 aromatic heterocycles. The molecule has 44 heavy (non-hydrogen) atoms. The molecule has 0 atom stereocenters. The second kappa shape index (κ2) is 10.2. The third-order valence-corrected chi connectivity index (χ3v) is 9.36. The number of imidazole rings is 1. The fraction of sp³-hybridized carbons (Fsp3) is 0.119. The largest absolute Gasteiger partial charge is 0.295 e. The Kier molecular flexibility index (Phi) is 6.13. The second-order valence-corrected chi connectivity index (χ2v) is 12.3. The van der Waals surface area contributed by atoms with Crippen LogP contribution in [0.5, 0.6) is 0 Å². The van der Waals surface area contributed by atoms with Crippen LogP contribution in [0.15, 0.2) is 133 Å². The predicted octanol–water partition coefficient (Wildman–Crippen LogP) is 10.5. The number of benzene rings is 6. The Bertz CT molecular complexity index is 2230. The van der Waals surface area contributed by atoms with Gasteiger partial charge in [-0.25, -0.2) is 4.57 Å². The zero-order chi connectivity index (χ0) is 29.9. The number of hydrogen-bond donors (Lipinski definition) is 0. The van der Waals surface area contributed by atoms with Crippen LogP contribution in [0.25, 0.3) is 72.6 Å². The number of hydrogen-bond acceptors (Lipinski definition) is 0. The molecule has 0 unspecified atom stereocenters. The van der Waals surface area contributed by atoms with Crippen LogP contribution < -0.4 is 4.57 Å². The van der Waals surface area contributed by atoms with Gasteiger partial charge in [0.25, 0.3) is 5.82 Å². The van der Waals surface area contributed by atoms with E-state index in [2.05, 4.69) is 170 Å². The minimum Gasteiger partial charge on any atom is -0.225 e. The van der Waals surface area contributed by atoms with Crippen molar-refractivity contribution in [1.29, 1.82) is 0 Å². The predicted molar refractivity (Wildman–Crippen MR) is 184 cm³/mol. The molecule has 1 aliphatic carbocycles. The van der Waals surface area contributed by atoms with E-state index >= 15 is 0 Å². The first-order valence-electron chi connectivity index (χ1n) is 15.6. The summed E-state index contributed by atoms with van der Waals surface area (Å²) >= 11 is 0. The first-order valence-corrected chi connectivity index (χ1v) is 15.6. The Hall–Kier alpha value is -5.21. The highest BCUT2D eigenvalue weighted by atomic mass is 15.2. The molecule has 0 N–H and O–H groups in total. The molecule has 0 saturated carbocycles. The average Bonchev–Trinajstić information content (AvgIpc) is 3.35. The quantitative estimate of drug-likeness (QED) is 0.188. The highest BCUT2D eigenvalue weighted by molar-refractivity contribution is 6.04. The molecule has 0 bridgehead atoms. The molecule has 0 amide bonds. The minimum absolute atomic E-state index is 0.394. The number of rotatable bonds is 3. The molecular formula is C42H35N2+. The molecule has 212 valence electrons. The molecule has 8 rings (SSSR count). The van der Waals surface area contributed by atoms with Gasteiger partial charge in [-0.05, 0) is 93.2 Å². The van der Waals surface area contributed by atoms with Crippen LogP contribution in [0.1, 0.15) is 30.9 Å². The summed E-state index contributed by atoms with van der Waals surface area (Å²) in [5.74, 6) is 1.58. The van der Waals surface area contributed by atoms with Crippen molar-refractivity contribution in [3.05, 3.63) is 145 Å². The van der Waals surface area contributed by atoms with Crippen LogP contribution in [0.4, 0.5) is 0 Å². The molecule has 0 aliphatic heterocycles. The lowest BCUT2D eigenvalue weighted by Crippen LogP contribution is -2.30. The average molecular weight is 568 g/mol. The van der Waals surface area contributed by atoms with E-state index in [4.69, 9.17) is 0 Å². The van der Waals surface area contributed by atoms with Crippen molar-refractivity contribution in [3.8, 4) is 61.6 Å². The molecule has 0 spiro atoms. The number of nitrogens with zero attached hydrogens (tertiary/aromatic N) is 2. The summed E-state index contributed by atoms with van der Waals surface area (Å²) < 4.78 is 4.86. The van der Waals surface area contributed by atoms with E-state index in [0.717, 1.165) is 0 Å². The zero-order valence-corrected chi connectivity index (χ0v) is 25.7. The molecule has 0 fully saturated rings. The highest BCUT2D eigenvalue weighted by Crippen LogP contribution is 2.49. The molecule has 1 aliphatic rings. The number of para-hydroxylation sites is 3. The summed E-state index contributed by atoms with van der Waals surface area (Å²) in [6.07, 6.45) is 0. The van der Waals surface area contributed by atoms with Gasteiger partial charge in [0.15, 0.2) is 11.0 Å². The number of fused-ring (bicyclic) bond motifs is 9. The van der Waals surface area contributed by atoms with Crippen LogP contribution in [-0.2, 0) is 7.05 Å². The first kappa shape index (κ1) is 26.4. The van der Waals surface area contributed by atoms with Crippen molar-refractivity contribution in [2.75, 3.05) is 0 Å². The third-order valence-electron chi connectivity index (χ3n) is 9.36. The van der Waals surface area contributed by atoms with Crippen LogP contribution in [0.3, 0.4) is 0 Å². The summed E-state index contributed by atoms with van der Waals surface area (Å²) in [5, 5.41) is 0. The van der Waals surface area contributed by atoms with E-state index in [1.165, 1.54) is 83.7 Å². The summed E-state index contributed by atoms with van der Waals surface area (Å²) in [5.41, 5.74) is 17.7. The summed E-state index contributed by atoms with van der Waals surface area (Å²) in [4.78, 5) is 0. The monoisotopic (exact) mass is 567 g/mol. The van der Waals surface area contributed by atoms with Crippen molar-refractivity contribution < 1.29 is 4.57 Å². The van der Waals surface area contributed by atoms with Gasteiger partial charge in [0, 0.05) is 5.56 Å². The first-order chi connectivity index (χ1) is 21.5. The van der Waals surface area contributed by atoms with E-state index < -0.39 is 0 Å². The topological polar surface area (TPSA) is 8.81 Å². The molecular weight excluding hydrogens is 532 g/mol. The SMILES string of the molecule is Cc1cc2c(cc1-c1n(-c3ccccc3C(C)C)c3ccccc3[n+]1C)-c1ccccc1-c1ccccc1-c1ccccc1-2.